The smallest absolute Gasteiger partial charge is 0.238 e. The number of rotatable bonds is 5. The predicted molar refractivity (Wildman–Crippen MR) is 119 cm³/mol. The molecule has 5 rings (SSSR count). The van der Waals surface area contributed by atoms with Gasteiger partial charge in [-0.05, 0) is 50.0 Å². The van der Waals surface area contributed by atoms with Gasteiger partial charge in [-0.25, -0.2) is 9.97 Å². The molecule has 3 N–H and O–H groups in total. The van der Waals surface area contributed by atoms with E-state index in [9.17, 15) is 4.79 Å². The van der Waals surface area contributed by atoms with E-state index < -0.39 is 0 Å². The number of H-pyrrole nitrogens is 2. The van der Waals surface area contributed by atoms with E-state index in [1.807, 2.05) is 55.4 Å². The number of pyridine rings is 2. The number of likely N-dealkylation sites (N-methyl/N-ethyl adjacent to an activating group) is 1. The molecule has 0 saturated carbocycles. The Labute approximate surface area is 177 Å². The number of anilines is 1. The van der Waals surface area contributed by atoms with Gasteiger partial charge in [-0.2, -0.15) is 5.10 Å². The zero-order chi connectivity index (χ0) is 21.4. The van der Waals surface area contributed by atoms with Crippen LogP contribution in [-0.2, 0) is 4.79 Å². The van der Waals surface area contributed by atoms with Crippen molar-refractivity contribution in [1.82, 2.24) is 35.0 Å². The number of benzene rings is 1. The number of nitrogens with one attached hydrogen (secondary N) is 3. The summed E-state index contributed by atoms with van der Waals surface area (Å²) in [4.78, 5) is 30.3. The van der Waals surface area contributed by atoms with Crippen molar-refractivity contribution in [3.8, 4) is 22.6 Å². The van der Waals surface area contributed by atoms with Gasteiger partial charge in [0.05, 0.1) is 29.5 Å². The van der Waals surface area contributed by atoms with Gasteiger partial charge >= 0.3 is 0 Å². The molecular formula is C22H20N8O. The molecule has 1 aromatic carbocycles. The average Bonchev–Trinajstić information content (AvgIpc) is 3.36. The van der Waals surface area contributed by atoms with E-state index in [0.717, 1.165) is 33.2 Å². The van der Waals surface area contributed by atoms with E-state index in [4.69, 9.17) is 0 Å². The number of carbonyl (C=O) groups excluding carboxylic acids is 1. The minimum absolute atomic E-state index is 0.0879. The van der Waals surface area contributed by atoms with E-state index in [-0.39, 0.29) is 5.91 Å². The van der Waals surface area contributed by atoms with Crippen LogP contribution in [0.5, 0.6) is 0 Å². The third-order valence-corrected chi connectivity index (χ3v) is 4.86. The highest BCUT2D eigenvalue weighted by Gasteiger charge is 2.14. The zero-order valence-electron chi connectivity index (χ0n) is 17.0. The average molecular weight is 412 g/mol. The molecule has 154 valence electrons. The number of hydrogen-bond acceptors (Lipinski definition) is 6. The molecule has 9 nitrogen and oxygen atoms in total. The van der Waals surface area contributed by atoms with Crippen LogP contribution in [0.2, 0.25) is 0 Å². The Morgan fingerprint density at radius 1 is 1.10 bits per heavy atom. The lowest BCUT2D eigenvalue weighted by Crippen LogP contribution is -2.27. The summed E-state index contributed by atoms with van der Waals surface area (Å²) in [7, 11) is 3.70. The van der Waals surface area contributed by atoms with Crippen LogP contribution < -0.4 is 5.32 Å². The van der Waals surface area contributed by atoms with E-state index >= 15 is 0 Å². The molecule has 0 spiro atoms. The molecule has 5 aromatic rings. The number of hydrogen-bond donors (Lipinski definition) is 3. The van der Waals surface area contributed by atoms with Crippen molar-refractivity contribution in [2.75, 3.05) is 26.0 Å². The number of fused-ring (bicyclic) bond motifs is 2. The minimum atomic E-state index is -0.0879. The first-order valence-electron chi connectivity index (χ1n) is 9.76. The molecule has 1 amide bonds. The fraction of sp³-hybridized carbons (Fsp3) is 0.136. The number of nitrogens with zero attached hydrogens (tertiary/aromatic N) is 5. The third-order valence-electron chi connectivity index (χ3n) is 4.86. The van der Waals surface area contributed by atoms with Crippen molar-refractivity contribution >= 4 is 33.7 Å². The van der Waals surface area contributed by atoms with Gasteiger partial charge in [-0.15, -0.1) is 0 Å². The second kappa shape index (κ2) is 7.62. The predicted octanol–water partition coefficient (Wildman–Crippen LogP) is 3.06. The molecule has 0 radical (unpaired) electrons. The summed E-state index contributed by atoms with van der Waals surface area (Å²) in [5.41, 5.74) is 5.63. The number of aromatic nitrogens is 6. The second-order valence-corrected chi connectivity index (χ2v) is 7.54. The summed E-state index contributed by atoms with van der Waals surface area (Å²) in [5, 5.41) is 11.3. The van der Waals surface area contributed by atoms with Crippen molar-refractivity contribution < 1.29 is 4.79 Å². The first kappa shape index (κ1) is 18.9. The molecule has 0 atom stereocenters. The summed E-state index contributed by atoms with van der Waals surface area (Å²) in [6, 6.07) is 11.7. The Bertz CT molecular complexity index is 1370. The number of imidazole rings is 1. The first-order chi connectivity index (χ1) is 15.1. The molecule has 0 aliphatic carbocycles. The van der Waals surface area contributed by atoms with Crippen molar-refractivity contribution in [2.24, 2.45) is 0 Å². The maximum Gasteiger partial charge on any atom is 0.238 e. The van der Waals surface area contributed by atoms with Crippen LogP contribution >= 0.6 is 0 Å². The molecule has 0 fully saturated rings. The molecule has 4 aromatic heterocycles. The van der Waals surface area contributed by atoms with Crippen LogP contribution in [0.4, 0.5) is 5.69 Å². The molecule has 0 saturated heterocycles. The number of aromatic amines is 2. The number of amides is 1. The van der Waals surface area contributed by atoms with Crippen molar-refractivity contribution in [1.29, 1.82) is 0 Å². The van der Waals surface area contributed by atoms with E-state index in [0.29, 0.717) is 23.7 Å². The molecular weight excluding hydrogens is 392 g/mol. The topological polar surface area (TPSA) is 115 Å². The van der Waals surface area contributed by atoms with E-state index in [1.165, 1.54) is 0 Å². The molecule has 4 heterocycles. The number of carbonyl (C=O) groups is 1. The lowest BCUT2D eigenvalue weighted by atomic mass is 10.0. The second-order valence-electron chi connectivity index (χ2n) is 7.54. The maximum absolute atomic E-state index is 12.1. The molecule has 9 heteroatoms. The Hall–Kier alpha value is -4.11. The van der Waals surface area contributed by atoms with Crippen molar-refractivity contribution in [3.05, 3.63) is 55.0 Å². The van der Waals surface area contributed by atoms with Crippen LogP contribution in [0.15, 0.2) is 55.0 Å². The van der Waals surface area contributed by atoms with E-state index in [1.54, 1.807) is 18.6 Å². The van der Waals surface area contributed by atoms with Crippen LogP contribution in [0.3, 0.4) is 0 Å². The largest absolute Gasteiger partial charge is 0.335 e. The lowest BCUT2D eigenvalue weighted by molar-refractivity contribution is -0.116. The lowest BCUT2D eigenvalue weighted by Gasteiger charge is -2.11. The Kier molecular flexibility index (Phi) is 4.64. The molecule has 0 aliphatic heterocycles. The van der Waals surface area contributed by atoms with Gasteiger partial charge in [0.2, 0.25) is 5.91 Å². The van der Waals surface area contributed by atoms with Gasteiger partial charge in [0.25, 0.3) is 0 Å². The highest BCUT2D eigenvalue weighted by atomic mass is 16.2. The Balaban J connectivity index is 1.51. The highest BCUT2D eigenvalue weighted by Crippen LogP contribution is 2.30. The summed E-state index contributed by atoms with van der Waals surface area (Å²) in [5.74, 6) is 0.565. The SMILES string of the molecule is CN(C)CC(=O)Nc1cncc(-c2ccc3[nH]nc(-c4nc5ncccc5[nH]4)c3c2)c1. The fourth-order valence-electron chi connectivity index (χ4n) is 3.49. The van der Waals surface area contributed by atoms with Crippen molar-refractivity contribution in [3.63, 3.8) is 0 Å². The third kappa shape index (κ3) is 3.74. The minimum Gasteiger partial charge on any atom is -0.335 e. The normalized spacial score (nSPS) is 11.5. The van der Waals surface area contributed by atoms with E-state index in [2.05, 4.69) is 35.5 Å². The van der Waals surface area contributed by atoms with Crippen LogP contribution in [-0.4, -0.2) is 61.6 Å². The Morgan fingerprint density at radius 2 is 2.00 bits per heavy atom. The molecule has 0 unspecified atom stereocenters. The zero-order valence-corrected chi connectivity index (χ0v) is 17.0. The monoisotopic (exact) mass is 412 g/mol. The van der Waals surface area contributed by atoms with Gasteiger partial charge in [-0.3, -0.25) is 14.9 Å². The maximum atomic E-state index is 12.1. The fourth-order valence-corrected chi connectivity index (χ4v) is 3.49. The standard InChI is InChI=1S/C22H20N8O/c1-30(2)12-19(31)25-15-8-14(10-23-11-15)13-5-6-17-16(9-13)20(29-28-17)22-26-18-4-3-7-24-21(18)27-22/h3-11H,12H2,1-2H3,(H,25,31)(H,28,29)(H,24,26,27). The van der Waals surface area contributed by atoms with Crippen molar-refractivity contribution in [2.45, 2.75) is 0 Å². The van der Waals surface area contributed by atoms with Gasteiger partial charge in [0, 0.05) is 23.3 Å². The van der Waals surface area contributed by atoms with Crippen LogP contribution in [0.25, 0.3) is 44.7 Å². The van der Waals surface area contributed by atoms with Gasteiger partial charge in [0.1, 0.15) is 5.69 Å². The molecule has 0 bridgehead atoms. The summed E-state index contributed by atoms with van der Waals surface area (Å²) >= 11 is 0. The summed E-state index contributed by atoms with van der Waals surface area (Å²) in [6.07, 6.45) is 5.12. The van der Waals surface area contributed by atoms with Gasteiger partial charge in [-0.1, -0.05) is 6.07 Å². The summed E-state index contributed by atoms with van der Waals surface area (Å²) in [6.45, 7) is 0.306. The first-order valence-corrected chi connectivity index (χ1v) is 9.76. The van der Waals surface area contributed by atoms with Gasteiger partial charge < -0.3 is 15.2 Å². The summed E-state index contributed by atoms with van der Waals surface area (Å²) < 4.78 is 0. The van der Waals surface area contributed by atoms with Crippen LogP contribution in [0.1, 0.15) is 0 Å². The molecule has 0 aliphatic rings. The molecule has 31 heavy (non-hydrogen) atoms. The Morgan fingerprint density at radius 3 is 2.84 bits per heavy atom. The quantitative estimate of drug-likeness (QED) is 0.409. The van der Waals surface area contributed by atoms with Crippen LogP contribution in [0, 0.1) is 0 Å². The van der Waals surface area contributed by atoms with Gasteiger partial charge in [0.15, 0.2) is 11.5 Å². The highest BCUT2D eigenvalue weighted by molar-refractivity contribution is 5.96.